The van der Waals surface area contributed by atoms with Gasteiger partial charge in [0, 0.05) is 31.1 Å². The molecule has 0 radical (unpaired) electrons. The maximum absolute atomic E-state index is 12.7. The minimum atomic E-state index is -3.26. The van der Waals surface area contributed by atoms with E-state index in [4.69, 9.17) is 6.42 Å². The Morgan fingerprint density at radius 3 is 2.53 bits per heavy atom. The molecule has 2 aliphatic heterocycles. The molecule has 1 amide bonds. The second kappa shape index (κ2) is 8.63. The summed E-state index contributed by atoms with van der Waals surface area (Å²) in [5.41, 5.74) is -0.216. The van der Waals surface area contributed by atoms with Gasteiger partial charge in [-0.3, -0.25) is 4.79 Å². The van der Waals surface area contributed by atoms with Crippen LogP contribution in [0.15, 0.2) is 23.2 Å². The van der Waals surface area contributed by atoms with Gasteiger partial charge in [-0.1, -0.05) is 5.92 Å². The third-order valence-electron chi connectivity index (χ3n) is 6.02. The highest BCUT2D eigenvalue weighted by Gasteiger charge is 2.37. The Morgan fingerprint density at radius 2 is 2.00 bits per heavy atom. The van der Waals surface area contributed by atoms with Gasteiger partial charge >= 0.3 is 0 Å². The average Bonchev–Trinajstić information content (AvgIpc) is 3.15. The number of amides is 1. The number of piperidine rings is 1. The first-order valence-corrected chi connectivity index (χ1v) is 11.9. The number of nitrogens with one attached hydrogen (secondary N) is 1. The zero-order valence-corrected chi connectivity index (χ0v) is 18.2. The van der Waals surface area contributed by atoms with Crippen molar-refractivity contribution in [1.82, 2.24) is 15.2 Å². The van der Waals surface area contributed by atoms with Crippen LogP contribution in [0.3, 0.4) is 0 Å². The molecule has 160 valence electrons. The van der Waals surface area contributed by atoms with Gasteiger partial charge in [0.15, 0.2) is 9.84 Å². The van der Waals surface area contributed by atoms with Crippen LogP contribution in [0.1, 0.15) is 32.6 Å². The number of rotatable bonds is 5. The molecule has 8 nitrogen and oxygen atoms in total. The third kappa shape index (κ3) is 4.75. The summed E-state index contributed by atoms with van der Waals surface area (Å²) in [7, 11) is -3.26. The molecule has 2 saturated heterocycles. The van der Waals surface area contributed by atoms with Crippen LogP contribution in [0, 0.1) is 23.7 Å². The molecule has 2 aliphatic rings. The molecule has 0 bridgehead atoms. The lowest BCUT2D eigenvalue weighted by Crippen LogP contribution is -2.55. The molecule has 3 rings (SSSR count). The van der Waals surface area contributed by atoms with Crippen molar-refractivity contribution in [3.05, 3.63) is 18.3 Å². The Hall–Kier alpha value is -2.62. The average molecular weight is 430 g/mol. The Labute approximate surface area is 178 Å². The molecule has 0 spiro atoms. The number of carbonyl (C=O) groups excluding carboxylic acids is 1. The highest BCUT2D eigenvalue weighted by atomic mass is 32.2. The van der Waals surface area contributed by atoms with Gasteiger partial charge in [0.25, 0.3) is 0 Å². The van der Waals surface area contributed by atoms with Crippen molar-refractivity contribution in [1.29, 1.82) is 5.26 Å². The van der Waals surface area contributed by atoms with E-state index >= 15 is 0 Å². The molecular formula is C21H27N5O3S. The Bertz CT molecular complexity index is 947. The highest BCUT2D eigenvalue weighted by Crippen LogP contribution is 2.27. The summed E-state index contributed by atoms with van der Waals surface area (Å²) in [6, 6.07) is 4.72. The van der Waals surface area contributed by atoms with Crippen molar-refractivity contribution in [2.45, 2.75) is 55.1 Å². The number of carbonyl (C=O) groups is 1. The summed E-state index contributed by atoms with van der Waals surface area (Å²) in [5.74, 6) is 3.23. The molecule has 2 fully saturated rings. The second-order valence-corrected chi connectivity index (χ2v) is 10.2. The predicted octanol–water partition coefficient (Wildman–Crippen LogP) is 0.950. The fourth-order valence-electron chi connectivity index (χ4n) is 4.01. The number of hydrogen-bond acceptors (Lipinski definition) is 7. The molecule has 0 aliphatic carbocycles. The molecule has 1 N–H and O–H groups in total. The first-order chi connectivity index (χ1) is 14.2. The summed E-state index contributed by atoms with van der Waals surface area (Å²) in [5, 5.41) is 12.7. The van der Waals surface area contributed by atoms with E-state index in [0.717, 1.165) is 38.0 Å². The van der Waals surface area contributed by atoms with E-state index in [2.05, 4.69) is 34.1 Å². The molecule has 9 heteroatoms. The number of sulfone groups is 1. The standard InChI is InChI=1S/C21H27N5O3S/c1-4-16-5-6-17(13-22)26(16)20(27)15-24-21(2)9-11-25(12-10-21)19-8-7-18(14-23-19)30(3,28)29/h1,7-8,14,16-17,24H,5-6,9-12,15H2,2-3H3/t16-,17-/m0/s1. The molecule has 0 aromatic carbocycles. The zero-order chi connectivity index (χ0) is 21.9. The van der Waals surface area contributed by atoms with Crippen LogP contribution in [0.2, 0.25) is 0 Å². The van der Waals surface area contributed by atoms with Crippen molar-refractivity contribution >= 4 is 21.6 Å². The lowest BCUT2D eigenvalue weighted by molar-refractivity contribution is -0.131. The van der Waals surface area contributed by atoms with E-state index < -0.39 is 15.9 Å². The first kappa shape index (κ1) is 22.1. The number of hydrogen-bond donors (Lipinski definition) is 1. The van der Waals surface area contributed by atoms with Crippen molar-refractivity contribution in [3.63, 3.8) is 0 Å². The maximum atomic E-state index is 12.7. The molecule has 1 aromatic heterocycles. The smallest absolute Gasteiger partial charge is 0.238 e. The summed E-state index contributed by atoms with van der Waals surface area (Å²) < 4.78 is 23.2. The summed E-state index contributed by atoms with van der Waals surface area (Å²) in [6.07, 6.45) is 11.0. The van der Waals surface area contributed by atoms with E-state index in [1.165, 1.54) is 6.20 Å². The van der Waals surface area contributed by atoms with Crippen LogP contribution in [0.5, 0.6) is 0 Å². The van der Waals surface area contributed by atoms with Crippen molar-refractivity contribution in [2.75, 3.05) is 30.8 Å². The lowest BCUT2D eigenvalue weighted by Gasteiger charge is -2.41. The Morgan fingerprint density at radius 1 is 1.33 bits per heavy atom. The molecule has 0 saturated carbocycles. The number of nitriles is 1. The molecular weight excluding hydrogens is 402 g/mol. The third-order valence-corrected chi connectivity index (χ3v) is 7.12. The van der Waals surface area contributed by atoms with Gasteiger partial charge < -0.3 is 15.1 Å². The summed E-state index contributed by atoms with van der Waals surface area (Å²) in [4.78, 5) is 20.9. The van der Waals surface area contributed by atoms with Crippen LogP contribution in [-0.4, -0.2) is 67.7 Å². The van der Waals surface area contributed by atoms with E-state index in [9.17, 15) is 18.5 Å². The van der Waals surface area contributed by atoms with Gasteiger partial charge in [0.1, 0.15) is 11.9 Å². The number of aromatic nitrogens is 1. The monoisotopic (exact) mass is 429 g/mol. The lowest BCUT2D eigenvalue weighted by atomic mass is 9.89. The van der Waals surface area contributed by atoms with Gasteiger partial charge in [-0.05, 0) is 44.7 Å². The van der Waals surface area contributed by atoms with E-state index in [0.29, 0.717) is 12.8 Å². The molecule has 2 atom stereocenters. The number of likely N-dealkylation sites (tertiary alicyclic amines) is 1. The molecule has 30 heavy (non-hydrogen) atoms. The first-order valence-electron chi connectivity index (χ1n) is 10.00. The van der Waals surface area contributed by atoms with E-state index in [1.54, 1.807) is 17.0 Å². The van der Waals surface area contributed by atoms with Crippen molar-refractivity contribution in [2.24, 2.45) is 0 Å². The quantitative estimate of drug-likeness (QED) is 0.695. The normalized spacial score (nSPS) is 23.6. The van der Waals surface area contributed by atoms with Gasteiger partial charge in [-0.2, -0.15) is 5.26 Å². The van der Waals surface area contributed by atoms with E-state index in [-0.39, 0.29) is 28.9 Å². The zero-order valence-electron chi connectivity index (χ0n) is 17.3. The largest absolute Gasteiger partial charge is 0.356 e. The predicted molar refractivity (Wildman–Crippen MR) is 113 cm³/mol. The van der Waals surface area contributed by atoms with Crippen LogP contribution >= 0.6 is 0 Å². The number of terminal acetylenes is 1. The minimum absolute atomic E-state index is 0.135. The van der Waals surface area contributed by atoms with E-state index in [1.807, 2.05) is 0 Å². The molecule has 3 heterocycles. The number of nitrogens with zero attached hydrogens (tertiary/aromatic N) is 4. The van der Waals surface area contributed by atoms with Gasteiger partial charge in [-0.25, -0.2) is 13.4 Å². The second-order valence-electron chi connectivity index (χ2n) is 8.23. The fourth-order valence-corrected chi connectivity index (χ4v) is 4.57. The number of pyridine rings is 1. The van der Waals surface area contributed by atoms with Gasteiger partial charge in [0.05, 0.1) is 23.6 Å². The maximum Gasteiger partial charge on any atom is 0.238 e. The SMILES string of the molecule is C#C[C@H]1CC[C@@H](C#N)N1C(=O)CNC1(C)CCN(c2ccc(S(C)(=O)=O)cn2)CC1. The number of anilines is 1. The Kier molecular flexibility index (Phi) is 6.35. The van der Waals surface area contributed by atoms with Crippen LogP contribution < -0.4 is 10.2 Å². The van der Waals surface area contributed by atoms with Crippen LogP contribution in [-0.2, 0) is 14.6 Å². The fraction of sp³-hybridized carbons (Fsp3) is 0.571. The summed E-state index contributed by atoms with van der Waals surface area (Å²) >= 11 is 0. The Balaban J connectivity index is 1.55. The van der Waals surface area contributed by atoms with Crippen LogP contribution in [0.25, 0.3) is 0 Å². The topological polar surface area (TPSA) is 106 Å². The minimum Gasteiger partial charge on any atom is -0.356 e. The summed E-state index contributed by atoms with van der Waals surface area (Å²) in [6.45, 7) is 3.71. The van der Waals surface area contributed by atoms with Crippen LogP contribution in [0.4, 0.5) is 5.82 Å². The van der Waals surface area contributed by atoms with Crippen molar-refractivity contribution < 1.29 is 13.2 Å². The molecule has 0 unspecified atom stereocenters. The molecule has 1 aromatic rings. The van der Waals surface area contributed by atoms with Gasteiger partial charge in [-0.15, -0.1) is 6.42 Å². The highest BCUT2D eigenvalue weighted by molar-refractivity contribution is 7.90. The van der Waals surface area contributed by atoms with Crippen molar-refractivity contribution in [3.8, 4) is 18.4 Å². The van der Waals surface area contributed by atoms with Gasteiger partial charge in [0.2, 0.25) is 5.91 Å².